The fourth-order valence-electron chi connectivity index (χ4n) is 1.29. The van der Waals surface area contributed by atoms with Crippen LogP contribution in [0.1, 0.15) is 27.9 Å². The minimum Gasteiger partial charge on any atom is -0.493 e. The van der Waals surface area contributed by atoms with Crippen LogP contribution in [0.3, 0.4) is 0 Å². The molecule has 110 valence electrons. The van der Waals surface area contributed by atoms with Crippen molar-refractivity contribution >= 4 is 11.8 Å². The number of esters is 1. The quantitative estimate of drug-likeness (QED) is 0.624. The molecule has 1 heterocycles. The Labute approximate surface area is 111 Å². The summed E-state index contributed by atoms with van der Waals surface area (Å²) >= 11 is 0. The summed E-state index contributed by atoms with van der Waals surface area (Å²) in [6.07, 6.45) is -5.06. The Hall–Kier alpha value is -2.32. The monoisotopic (exact) mass is 293 g/mol. The molecule has 0 N–H and O–H groups in total. The van der Waals surface area contributed by atoms with E-state index in [1.54, 1.807) is 0 Å². The summed E-state index contributed by atoms with van der Waals surface area (Å²) in [6, 6.07) is 0.940. The van der Waals surface area contributed by atoms with Gasteiger partial charge in [-0.1, -0.05) is 0 Å². The smallest absolute Gasteiger partial charge is 0.493 e. The third-order valence-corrected chi connectivity index (χ3v) is 2.12. The number of carbonyl (C=O) groups is 2. The highest BCUT2D eigenvalue weighted by Gasteiger charge is 2.36. The zero-order chi connectivity index (χ0) is 15.5. The van der Waals surface area contributed by atoms with Crippen LogP contribution >= 0.6 is 0 Å². The average molecular weight is 293 g/mol. The second-order valence-corrected chi connectivity index (χ2v) is 3.48. The second kappa shape index (κ2) is 5.76. The van der Waals surface area contributed by atoms with Crippen molar-refractivity contribution in [2.75, 3.05) is 14.2 Å². The first-order valence-electron chi connectivity index (χ1n) is 5.13. The van der Waals surface area contributed by atoms with E-state index in [1.807, 2.05) is 0 Å². The van der Waals surface area contributed by atoms with Crippen molar-refractivity contribution in [3.63, 3.8) is 0 Å². The molecule has 0 amide bonds. The number of pyridine rings is 1. The van der Waals surface area contributed by atoms with Crippen LogP contribution in [0.15, 0.2) is 6.07 Å². The Balaban J connectivity index is 3.52. The van der Waals surface area contributed by atoms with E-state index >= 15 is 0 Å². The van der Waals surface area contributed by atoms with E-state index in [-0.39, 0.29) is 5.69 Å². The Bertz CT molecular complexity index is 542. The molecule has 0 spiro atoms. The van der Waals surface area contributed by atoms with Gasteiger partial charge in [0.25, 0.3) is 0 Å². The number of rotatable bonds is 4. The van der Waals surface area contributed by atoms with Crippen LogP contribution in [0.2, 0.25) is 0 Å². The molecule has 0 aliphatic heterocycles. The number of carbonyl (C=O) groups excluding carboxylic acids is 2. The minimum atomic E-state index is -5.06. The van der Waals surface area contributed by atoms with Gasteiger partial charge in [0, 0.05) is 13.0 Å². The Morgan fingerprint density at radius 2 is 1.85 bits per heavy atom. The van der Waals surface area contributed by atoms with Crippen molar-refractivity contribution in [1.82, 2.24) is 4.98 Å². The molecule has 1 rings (SSSR count). The minimum absolute atomic E-state index is 0.253. The first-order valence-corrected chi connectivity index (χ1v) is 5.13. The summed E-state index contributed by atoms with van der Waals surface area (Å²) in [6.45, 7) is 1.13. The van der Waals surface area contributed by atoms with Gasteiger partial charge in [0.15, 0.2) is 17.2 Å². The second-order valence-electron chi connectivity index (χ2n) is 3.48. The lowest BCUT2D eigenvalue weighted by Gasteiger charge is -2.15. The molecule has 0 unspecified atom stereocenters. The Morgan fingerprint density at radius 1 is 1.25 bits per heavy atom. The van der Waals surface area contributed by atoms with E-state index < -0.39 is 35.3 Å². The molecular weight excluding hydrogens is 283 g/mol. The highest BCUT2D eigenvalue weighted by Crippen LogP contribution is 2.35. The van der Waals surface area contributed by atoms with E-state index in [2.05, 4.69) is 14.5 Å². The van der Waals surface area contributed by atoms with Crippen LogP contribution in [0.5, 0.6) is 11.5 Å². The van der Waals surface area contributed by atoms with E-state index in [9.17, 15) is 22.8 Å². The normalized spacial score (nSPS) is 10.9. The summed E-state index contributed by atoms with van der Waals surface area (Å²) in [5, 5.41) is 0. The zero-order valence-electron chi connectivity index (χ0n) is 10.7. The van der Waals surface area contributed by atoms with Crippen molar-refractivity contribution in [2.24, 2.45) is 0 Å². The third kappa shape index (κ3) is 3.59. The van der Waals surface area contributed by atoms with Gasteiger partial charge >= 0.3 is 12.3 Å². The first-order chi connectivity index (χ1) is 9.19. The van der Waals surface area contributed by atoms with Crippen molar-refractivity contribution in [3.8, 4) is 11.5 Å². The van der Waals surface area contributed by atoms with Crippen molar-refractivity contribution in [2.45, 2.75) is 13.3 Å². The Morgan fingerprint density at radius 3 is 2.25 bits per heavy atom. The van der Waals surface area contributed by atoms with Crippen LogP contribution in [-0.4, -0.2) is 37.3 Å². The topological polar surface area (TPSA) is 74.7 Å². The number of ether oxygens (including phenoxy) is 3. The van der Waals surface area contributed by atoms with Crippen LogP contribution in [-0.2, 0) is 4.74 Å². The lowest BCUT2D eigenvalue weighted by Crippen LogP contribution is -2.21. The first kappa shape index (κ1) is 15.7. The number of hydrogen-bond acceptors (Lipinski definition) is 6. The maximum Gasteiger partial charge on any atom is 0.573 e. The molecule has 0 aliphatic carbocycles. The summed E-state index contributed by atoms with van der Waals surface area (Å²) in [5.74, 6) is -3.17. The molecule has 0 atom stereocenters. The number of methoxy groups -OCH3 is 2. The zero-order valence-corrected chi connectivity index (χ0v) is 10.7. The molecule has 0 bridgehead atoms. The van der Waals surface area contributed by atoms with Crippen molar-refractivity contribution < 1.29 is 37.0 Å². The number of halogens is 3. The van der Waals surface area contributed by atoms with Gasteiger partial charge in [-0.05, 0) is 0 Å². The number of nitrogens with zero attached hydrogens (tertiary/aromatic N) is 1. The van der Waals surface area contributed by atoms with Gasteiger partial charge in [0.2, 0.25) is 5.75 Å². The molecule has 0 saturated carbocycles. The maximum atomic E-state index is 12.3. The van der Waals surface area contributed by atoms with Crippen LogP contribution in [0.25, 0.3) is 0 Å². The molecular formula is C11H10F3NO5. The highest BCUT2D eigenvalue weighted by molar-refractivity contribution is 5.97. The standard InChI is InChI=1S/C11H10F3NO5/c1-5(16)6-4-7(18-2)9(20-11(12,13)14)8(15-6)10(17)19-3/h4H,1-3H3. The molecule has 0 aliphatic rings. The average Bonchev–Trinajstić information content (AvgIpc) is 2.35. The molecule has 9 heteroatoms. The largest absolute Gasteiger partial charge is 0.573 e. The van der Waals surface area contributed by atoms with Gasteiger partial charge in [0.05, 0.1) is 14.2 Å². The van der Waals surface area contributed by atoms with Crippen molar-refractivity contribution in [1.29, 1.82) is 0 Å². The van der Waals surface area contributed by atoms with E-state index in [1.165, 1.54) is 0 Å². The molecule has 1 aromatic rings. The molecule has 0 aromatic carbocycles. The SMILES string of the molecule is COC(=O)c1nc(C(C)=O)cc(OC)c1OC(F)(F)F. The summed E-state index contributed by atoms with van der Waals surface area (Å²) in [7, 11) is 2.01. The number of aromatic nitrogens is 1. The lowest BCUT2D eigenvalue weighted by atomic mass is 10.2. The van der Waals surface area contributed by atoms with Gasteiger partial charge in [-0.2, -0.15) is 0 Å². The molecule has 0 saturated heterocycles. The van der Waals surface area contributed by atoms with Gasteiger partial charge in [0.1, 0.15) is 5.69 Å². The number of hydrogen-bond donors (Lipinski definition) is 0. The van der Waals surface area contributed by atoms with Gasteiger partial charge in [-0.15, -0.1) is 13.2 Å². The molecule has 6 nitrogen and oxygen atoms in total. The lowest BCUT2D eigenvalue weighted by molar-refractivity contribution is -0.275. The molecule has 0 radical (unpaired) electrons. The predicted molar refractivity (Wildman–Crippen MR) is 58.8 cm³/mol. The number of Topliss-reactive ketones (excluding diaryl/α,β-unsaturated/α-hetero) is 1. The number of alkyl halides is 3. The fraction of sp³-hybridized carbons (Fsp3) is 0.364. The van der Waals surface area contributed by atoms with E-state index in [4.69, 9.17) is 4.74 Å². The van der Waals surface area contributed by atoms with Gasteiger partial charge in [-0.25, -0.2) is 9.78 Å². The molecule has 0 fully saturated rings. The van der Waals surface area contributed by atoms with Crippen molar-refractivity contribution in [3.05, 3.63) is 17.5 Å². The van der Waals surface area contributed by atoms with E-state index in [0.717, 1.165) is 27.2 Å². The Kier molecular flexibility index (Phi) is 4.53. The highest BCUT2D eigenvalue weighted by atomic mass is 19.4. The van der Waals surface area contributed by atoms with Crippen LogP contribution in [0, 0.1) is 0 Å². The van der Waals surface area contributed by atoms with Gasteiger partial charge in [-0.3, -0.25) is 4.79 Å². The maximum absolute atomic E-state index is 12.3. The van der Waals surface area contributed by atoms with E-state index in [0.29, 0.717) is 0 Å². The summed E-state index contributed by atoms with van der Waals surface area (Å²) < 4.78 is 49.7. The molecule has 20 heavy (non-hydrogen) atoms. The summed E-state index contributed by atoms with van der Waals surface area (Å²) in [4.78, 5) is 26.2. The predicted octanol–water partition coefficient (Wildman–Crippen LogP) is 1.98. The fourth-order valence-corrected chi connectivity index (χ4v) is 1.29. The summed E-state index contributed by atoms with van der Waals surface area (Å²) in [5.41, 5.74) is -1.05. The molecule has 1 aromatic heterocycles. The third-order valence-electron chi connectivity index (χ3n) is 2.12. The van der Waals surface area contributed by atoms with Crippen LogP contribution in [0.4, 0.5) is 13.2 Å². The van der Waals surface area contributed by atoms with Crippen LogP contribution < -0.4 is 9.47 Å². The van der Waals surface area contributed by atoms with Gasteiger partial charge < -0.3 is 14.2 Å². The number of ketones is 1.